The lowest BCUT2D eigenvalue weighted by Crippen LogP contribution is -2.35. The summed E-state index contributed by atoms with van der Waals surface area (Å²) in [6.45, 7) is 8.28. The van der Waals surface area contributed by atoms with Crippen LogP contribution in [0.4, 0.5) is 0 Å². The monoisotopic (exact) mass is 385 g/mol. The van der Waals surface area contributed by atoms with E-state index in [1.807, 2.05) is 33.6 Å². The maximum atomic E-state index is 5.63. The lowest BCUT2D eigenvalue weighted by Gasteiger charge is -2.34. The summed E-state index contributed by atoms with van der Waals surface area (Å²) in [4.78, 5) is 7.38. The molecule has 1 aromatic carbocycles. The van der Waals surface area contributed by atoms with E-state index >= 15 is 0 Å². The van der Waals surface area contributed by atoms with E-state index < -0.39 is 0 Å². The topological polar surface area (TPSA) is 38.9 Å². The van der Waals surface area contributed by atoms with Crippen molar-refractivity contribution in [3.05, 3.63) is 52.5 Å². The summed E-state index contributed by atoms with van der Waals surface area (Å²) in [7, 11) is 0. The van der Waals surface area contributed by atoms with Gasteiger partial charge in [0.15, 0.2) is 4.77 Å². The van der Waals surface area contributed by atoms with Crippen molar-refractivity contribution < 1.29 is 0 Å². The first-order chi connectivity index (χ1) is 12.7. The van der Waals surface area contributed by atoms with Gasteiger partial charge >= 0.3 is 0 Å². The molecule has 0 N–H and O–H groups in total. The van der Waals surface area contributed by atoms with E-state index in [0.29, 0.717) is 19.3 Å². The number of aromatic nitrogens is 4. The molecule has 3 heterocycles. The summed E-state index contributed by atoms with van der Waals surface area (Å²) in [5, 5.41) is 5.87. The Morgan fingerprint density at radius 3 is 3.00 bits per heavy atom. The highest BCUT2D eigenvalue weighted by Gasteiger charge is 2.27. The van der Waals surface area contributed by atoms with Crippen LogP contribution in [0.2, 0.25) is 0 Å². The average Bonchev–Trinajstić information content (AvgIpc) is 3.19. The second-order valence-electron chi connectivity index (χ2n) is 6.71. The van der Waals surface area contributed by atoms with E-state index in [9.17, 15) is 0 Å². The van der Waals surface area contributed by atoms with Gasteiger partial charge < -0.3 is 4.57 Å². The zero-order valence-corrected chi connectivity index (χ0v) is 16.6. The van der Waals surface area contributed by atoms with Gasteiger partial charge in [-0.2, -0.15) is 5.10 Å². The summed E-state index contributed by atoms with van der Waals surface area (Å²) < 4.78 is 5.99. The molecule has 5 nitrogen and oxygen atoms in total. The number of likely N-dealkylation sites (tertiary alicyclic amines) is 1. The molecular formula is C19H23N5S2. The number of hydrogen-bond donors (Lipinski definition) is 0. The number of nitrogens with zero attached hydrogens (tertiary/aromatic N) is 5. The Morgan fingerprint density at radius 1 is 1.35 bits per heavy atom. The fraction of sp³-hybridized carbons (Fsp3) is 0.421. The number of para-hydroxylation sites is 1. The Balaban J connectivity index is 1.63. The van der Waals surface area contributed by atoms with Crippen LogP contribution in [0.25, 0.3) is 10.2 Å². The van der Waals surface area contributed by atoms with Crippen LogP contribution in [0.5, 0.6) is 0 Å². The number of hydrogen-bond acceptors (Lipinski definition) is 5. The van der Waals surface area contributed by atoms with Gasteiger partial charge in [-0.1, -0.05) is 24.6 Å². The lowest BCUT2D eigenvalue weighted by atomic mass is 10.0. The third-order valence-corrected chi connectivity index (χ3v) is 6.51. The van der Waals surface area contributed by atoms with E-state index in [2.05, 4.69) is 40.8 Å². The second-order valence-corrected chi connectivity index (χ2v) is 8.14. The van der Waals surface area contributed by atoms with E-state index in [1.165, 1.54) is 22.5 Å². The van der Waals surface area contributed by atoms with Gasteiger partial charge in [-0.15, -0.1) is 17.9 Å². The molecule has 4 rings (SSSR count). The molecule has 0 bridgehead atoms. The Bertz CT molecular complexity index is 950. The van der Waals surface area contributed by atoms with Gasteiger partial charge in [-0.05, 0) is 44.1 Å². The molecule has 1 aliphatic rings. The first-order valence-corrected chi connectivity index (χ1v) is 10.2. The molecule has 1 saturated heterocycles. The standard InChI is InChI=1S/C19H23N5S2/c1-3-11-23-14(2)21-24(19(23)25)13-22-12-7-6-9-16(22)18-20-15-8-4-5-10-17(15)26-18/h3-5,8,10,16H,1,6-7,9,11-13H2,2H3/t16-/m1/s1. The molecule has 26 heavy (non-hydrogen) atoms. The summed E-state index contributed by atoms with van der Waals surface area (Å²) in [5.74, 6) is 0.934. The molecule has 0 spiro atoms. The largest absolute Gasteiger partial charge is 0.300 e. The number of aryl methyl sites for hydroxylation is 1. The summed E-state index contributed by atoms with van der Waals surface area (Å²) in [5.41, 5.74) is 1.10. The minimum Gasteiger partial charge on any atom is -0.300 e. The molecule has 0 aliphatic carbocycles. The van der Waals surface area contributed by atoms with Crippen molar-refractivity contribution >= 4 is 33.8 Å². The number of piperidine rings is 1. The minimum atomic E-state index is 0.341. The molecular weight excluding hydrogens is 362 g/mol. The third-order valence-electron chi connectivity index (χ3n) is 4.94. The number of thiazole rings is 1. The zero-order valence-electron chi connectivity index (χ0n) is 15.0. The van der Waals surface area contributed by atoms with Crippen LogP contribution < -0.4 is 0 Å². The first kappa shape index (κ1) is 17.6. The van der Waals surface area contributed by atoms with Crippen molar-refractivity contribution in [1.82, 2.24) is 24.2 Å². The maximum absolute atomic E-state index is 5.63. The van der Waals surface area contributed by atoms with Gasteiger partial charge in [0.2, 0.25) is 0 Å². The summed E-state index contributed by atoms with van der Waals surface area (Å²) in [6, 6.07) is 8.72. The van der Waals surface area contributed by atoms with Crippen molar-refractivity contribution in [3.63, 3.8) is 0 Å². The van der Waals surface area contributed by atoms with Crippen LogP contribution in [-0.2, 0) is 13.2 Å². The zero-order chi connectivity index (χ0) is 18.1. The third kappa shape index (κ3) is 3.26. The normalized spacial score (nSPS) is 18.4. The fourth-order valence-corrected chi connectivity index (χ4v) is 5.07. The van der Waals surface area contributed by atoms with Crippen molar-refractivity contribution in [2.24, 2.45) is 0 Å². The predicted molar refractivity (Wildman–Crippen MR) is 109 cm³/mol. The molecule has 0 amide bonds. The van der Waals surface area contributed by atoms with Crippen LogP contribution in [0.1, 0.15) is 36.1 Å². The van der Waals surface area contributed by atoms with Gasteiger partial charge in [-0.25, -0.2) is 9.67 Å². The molecule has 7 heteroatoms. The van der Waals surface area contributed by atoms with Gasteiger partial charge in [0.1, 0.15) is 10.8 Å². The fourth-order valence-electron chi connectivity index (χ4n) is 3.63. The van der Waals surface area contributed by atoms with Crippen molar-refractivity contribution in [2.45, 2.75) is 45.4 Å². The second kappa shape index (κ2) is 7.42. The number of rotatable bonds is 5. The summed E-state index contributed by atoms with van der Waals surface area (Å²) in [6.07, 6.45) is 5.45. The molecule has 2 aromatic heterocycles. The maximum Gasteiger partial charge on any atom is 0.199 e. The number of fused-ring (bicyclic) bond motifs is 1. The highest BCUT2D eigenvalue weighted by Crippen LogP contribution is 2.35. The molecule has 1 fully saturated rings. The van der Waals surface area contributed by atoms with Crippen molar-refractivity contribution in [3.8, 4) is 0 Å². The highest BCUT2D eigenvalue weighted by atomic mass is 32.1. The molecule has 0 unspecified atom stereocenters. The highest BCUT2D eigenvalue weighted by molar-refractivity contribution is 7.71. The van der Waals surface area contributed by atoms with E-state index in [4.69, 9.17) is 17.2 Å². The average molecular weight is 386 g/mol. The Labute approximate surface area is 162 Å². The Hall–Kier alpha value is -1.83. The van der Waals surface area contributed by atoms with Crippen molar-refractivity contribution in [1.29, 1.82) is 0 Å². The van der Waals surface area contributed by atoms with Crippen LogP contribution in [0.15, 0.2) is 36.9 Å². The van der Waals surface area contributed by atoms with Crippen LogP contribution in [0, 0.1) is 11.7 Å². The minimum absolute atomic E-state index is 0.341. The smallest absolute Gasteiger partial charge is 0.199 e. The van der Waals surface area contributed by atoms with E-state index in [-0.39, 0.29) is 0 Å². The molecule has 0 radical (unpaired) electrons. The molecule has 0 saturated carbocycles. The first-order valence-electron chi connectivity index (χ1n) is 9.02. The molecule has 3 aromatic rings. The van der Waals surface area contributed by atoms with Gasteiger partial charge in [0.05, 0.1) is 22.9 Å². The van der Waals surface area contributed by atoms with E-state index in [0.717, 1.165) is 29.1 Å². The van der Waals surface area contributed by atoms with Crippen LogP contribution in [-0.4, -0.2) is 30.8 Å². The van der Waals surface area contributed by atoms with Gasteiger partial charge in [0, 0.05) is 13.1 Å². The van der Waals surface area contributed by atoms with Crippen LogP contribution >= 0.6 is 23.6 Å². The lowest BCUT2D eigenvalue weighted by molar-refractivity contribution is 0.103. The number of allylic oxidation sites excluding steroid dienone is 1. The van der Waals surface area contributed by atoms with Crippen LogP contribution in [0.3, 0.4) is 0 Å². The van der Waals surface area contributed by atoms with Gasteiger partial charge in [-0.3, -0.25) is 4.90 Å². The quantitative estimate of drug-likeness (QED) is 0.471. The molecule has 1 atom stereocenters. The predicted octanol–water partition coefficient (Wildman–Crippen LogP) is 4.70. The van der Waals surface area contributed by atoms with Crippen molar-refractivity contribution in [2.75, 3.05) is 6.54 Å². The van der Waals surface area contributed by atoms with Gasteiger partial charge in [0.25, 0.3) is 0 Å². The Kier molecular flexibility index (Phi) is 5.02. The molecule has 1 aliphatic heterocycles. The van der Waals surface area contributed by atoms with E-state index in [1.54, 1.807) is 0 Å². The summed E-state index contributed by atoms with van der Waals surface area (Å²) >= 11 is 7.44. The SMILES string of the molecule is C=CCn1c(C)nn(CN2CCCC[C@@H]2c2nc3ccccc3s2)c1=S. The molecule has 136 valence electrons. The number of benzene rings is 1. The Morgan fingerprint density at radius 2 is 2.19 bits per heavy atom.